The third-order valence-electron chi connectivity index (χ3n) is 3.03. The number of benzene rings is 1. The second-order valence-corrected chi connectivity index (χ2v) is 7.38. The van der Waals surface area contributed by atoms with Gasteiger partial charge in [-0.25, -0.2) is 4.98 Å². The molecule has 2 aromatic heterocycles. The molecule has 0 aliphatic heterocycles. The van der Waals surface area contributed by atoms with Crippen molar-refractivity contribution >= 4 is 68.1 Å². The first-order valence-electron chi connectivity index (χ1n) is 6.46. The summed E-state index contributed by atoms with van der Waals surface area (Å²) in [6, 6.07) is 6.17. The molecule has 1 aromatic carbocycles. The summed E-state index contributed by atoms with van der Waals surface area (Å²) in [6.45, 7) is 0. The van der Waals surface area contributed by atoms with E-state index in [1.807, 2.05) is 0 Å². The van der Waals surface area contributed by atoms with Crippen LogP contribution in [0.2, 0.25) is 0 Å². The summed E-state index contributed by atoms with van der Waals surface area (Å²) in [5.74, 6) is -1.83. The van der Waals surface area contributed by atoms with E-state index in [-0.39, 0.29) is 57.0 Å². The van der Waals surface area contributed by atoms with Gasteiger partial charge in [0, 0.05) is 5.75 Å². The Morgan fingerprint density at radius 2 is 1.88 bits per heavy atom. The van der Waals surface area contributed by atoms with Gasteiger partial charge in [-0.3, -0.25) is 8.95 Å². The zero-order valence-electron chi connectivity index (χ0n) is 11.7. The molecule has 130 valence electrons. The number of halogens is 3. The van der Waals surface area contributed by atoms with Crippen LogP contribution in [-0.2, 0) is 16.3 Å². The third-order valence-corrected chi connectivity index (χ3v) is 4.97. The fourth-order valence-electron chi connectivity index (χ4n) is 2.08. The van der Waals surface area contributed by atoms with Gasteiger partial charge in [-0.1, -0.05) is 12.1 Å². The van der Waals surface area contributed by atoms with Crippen LogP contribution in [0.4, 0.5) is 13.2 Å². The van der Waals surface area contributed by atoms with Crippen LogP contribution < -0.4 is 0 Å². The number of hydrogen-bond acceptors (Lipinski definition) is 6. The summed E-state index contributed by atoms with van der Waals surface area (Å²) in [6.07, 6.45) is -4.71. The number of nitrogens with zero attached hydrogens (tertiary/aromatic N) is 4. The van der Waals surface area contributed by atoms with E-state index in [4.69, 9.17) is 4.55 Å². The molecule has 0 amide bonds. The van der Waals surface area contributed by atoms with Crippen molar-refractivity contribution in [1.29, 1.82) is 0 Å². The SMILES string of the molecule is O=S(=O)(O)CCSc1nc2ccccc2n2c(C(F)(F)F)nnc12.[NaH]. The fourth-order valence-corrected chi connectivity index (χ4v) is 3.88. The topological polar surface area (TPSA) is 97.5 Å². The van der Waals surface area contributed by atoms with Crippen LogP contribution >= 0.6 is 11.8 Å². The Labute approximate surface area is 166 Å². The van der Waals surface area contributed by atoms with E-state index in [0.29, 0.717) is 0 Å². The molecule has 0 aliphatic rings. The summed E-state index contributed by atoms with van der Waals surface area (Å²) in [7, 11) is -4.18. The molecule has 0 spiro atoms. The van der Waals surface area contributed by atoms with Gasteiger partial charge in [0.2, 0.25) is 5.82 Å². The first-order chi connectivity index (χ1) is 11.2. The van der Waals surface area contributed by atoms with E-state index in [2.05, 4.69) is 15.2 Å². The maximum atomic E-state index is 13.2. The van der Waals surface area contributed by atoms with Crippen molar-refractivity contribution in [3.8, 4) is 0 Å². The van der Waals surface area contributed by atoms with Crippen molar-refractivity contribution in [3.05, 3.63) is 30.1 Å². The second kappa shape index (κ2) is 7.37. The van der Waals surface area contributed by atoms with Gasteiger partial charge in [-0.05, 0) is 12.1 Å². The minimum absolute atomic E-state index is 0. The molecule has 0 saturated carbocycles. The second-order valence-electron chi connectivity index (χ2n) is 4.72. The van der Waals surface area contributed by atoms with Gasteiger partial charge in [0.15, 0.2) is 5.65 Å². The molecule has 1 N–H and O–H groups in total. The Bertz CT molecular complexity index is 1020. The predicted molar refractivity (Wildman–Crippen MR) is 87.6 cm³/mol. The standard InChI is InChI=1S/C12H9F3N4O3S2.Na.H/c13-12(14,15)11-18-17-9-10(23-5-6-24(20,21)22)16-7-3-1-2-4-8(7)19(9)11;;/h1-4H,5-6H2,(H,20,21,22);;. The number of thioether (sulfide) groups is 1. The minimum atomic E-state index is -4.71. The monoisotopic (exact) mass is 402 g/mol. The van der Waals surface area contributed by atoms with Gasteiger partial charge < -0.3 is 0 Å². The normalized spacial score (nSPS) is 12.5. The Morgan fingerprint density at radius 1 is 1.20 bits per heavy atom. The molecule has 0 bridgehead atoms. The summed E-state index contributed by atoms with van der Waals surface area (Å²) in [4.78, 5) is 4.21. The molecule has 3 rings (SSSR count). The Kier molecular flexibility index (Phi) is 6.01. The van der Waals surface area contributed by atoms with E-state index in [1.165, 1.54) is 12.1 Å². The maximum absolute atomic E-state index is 13.2. The number of fused-ring (bicyclic) bond motifs is 3. The van der Waals surface area contributed by atoms with Crippen LogP contribution in [0.1, 0.15) is 5.82 Å². The van der Waals surface area contributed by atoms with Crippen molar-refractivity contribution in [2.45, 2.75) is 11.2 Å². The molecule has 0 aliphatic carbocycles. The molecule has 3 aromatic rings. The number of alkyl halides is 3. The van der Waals surface area contributed by atoms with Crippen molar-refractivity contribution < 1.29 is 26.1 Å². The van der Waals surface area contributed by atoms with Crippen molar-refractivity contribution in [2.75, 3.05) is 11.5 Å². The summed E-state index contributed by atoms with van der Waals surface area (Å²) in [5, 5.41) is 6.85. The van der Waals surface area contributed by atoms with E-state index in [0.717, 1.165) is 16.2 Å². The van der Waals surface area contributed by atoms with Crippen molar-refractivity contribution in [3.63, 3.8) is 0 Å². The third kappa shape index (κ3) is 4.44. The number of hydrogen-bond donors (Lipinski definition) is 1. The summed E-state index contributed by atoms with van der Waals surface area (Å²) >= 11 is 0.875. The van der Waals surface area contributed by atoms with Crippen molar-refractivity contribution in [1.82, 2.24) is 19.6 Å². The van der Waals surface area contributed by atoms with Gasteiger partial charge in [0.25, 0.3) is 10.1 Å². The van der Waals surface area contributed by atoms with Crippen LogP contribution in [0.15, 0.2) is 29.3 Å². The first-order valence-corrected chi connectivity index (χ1v) is 9.05. The number of aromatic nitrogens is 4. The van der Waals surface area contributed by atoms with Crippen molar-refractivity contribution in [2.24, 2.45) is 0 Å². The van der Waals surface area contributed by atoms with Crippen LogP contribution in [0, 0.1) is 0 Å². The Morgan fingerprint density at radius 3 is 2.52 bits per heavy atom. The van der Waals surface area contributed by atoms with Crippen LogP contribution in [0.3, 0.4) is 0 Å². The molecule has 13 heteroatoms. The molecular formula is C12H10F3N4NaO3S2. The van der Waals surface area contributed by atoms with E-state index < -0.39 is 27.9 Å². The number of rotatable bonds is 4. The van der Waals surface area contributed by atoms with Gasteiger partial charge in [0.1, 0.15) is 5.03 Å². The Balaban J connectivity index is 0.00000225. The summed E-state index contributed by atoms with van der Waals surface area (Å²) in [5.41, 5.74) is 0.343. The predicted octanol–water partition coefficient (Wildman–Crippen LogP) is 1.63. The van der Waals surface area contributed by atoms with Gasteiger partial charge in [-0.15, -0.1) is 22.0 Å². The zero-order valence-corrected chi connectivity index (χ0v) is 13.4. The first kappa shape index (κ1) is 20.4. The average Bonchev–Trinajstić information content (AvgIpc) is 2.91. The van der Waals surface area contributed by atoms with Gasteiger partial charge in [-0.2, -0.15) is 21.6 Å². The van der Waals surface area contributed by atoms with Crippen LogP contribution in [-0.4, -0.2) is 73.6 Å². The van der Waals surface area contributed by atoms with E-state index in [1.54, 1.807) is 12.1 Å². The average molecular weight is 402 g/mol. The molecule has 0 unspecified atom stereocenters. The van der Waals surface area contributed by atoms with Crippen LogP contribution in [0.25, 0.3) is 16.7 Å². The molecule has 0 fully saturated rings. The molecule has 7 nitrogen and oxygen atoms in total. The fraction of sp³-hybridized carbons (Fsp3) is 0.250. The zero-order chi connectivity index (χ0) is 17.5. The summed E-state index contributed by atoms with van der Waals surface area (Å²) < 4.78 is 70.6. The Hall–Kier alpha value is -0.920. The van der Waals surface area contributed by atoms with Crippen LogP contribution in [0.5, 0.6) is 0 Å². The molecule has 0 atom stereocenters. The van der Waals surface area contributed by atoms with Gasteiger partial charge in [0.05, 0.1) is 16.8 Å². The molecule has 0 radical (unpaired) electrons. The van der Waals surface area contributed by atoms with E-state index in [9.17, 15) is 21.6 Å². The number of para-hydroxylation sites is 2. The molecule has 0 saturated heterocycles. The molecule has 25 heavy (non-hydrogen) atoms. The van der Waals surface area contributed by atoms with Gasteiger partial charge >= 0.3 is 35.7 Å². The quantitative estimate of drug-likeness (QED) is 0.402. The molecular weight excluding hydrogens is 392 g/mol. The molecule has 2 heterocycles. The van der Waals surface area contributed by atoms with E-state index >= 15 is 0 Å².